The normalized spacial score (nSPS) is 15.6. The molecule has 1 aromatic heterocycles. The van der Waals surface area contributed by atoms with E-state index in [2.05, 4.69) is 8.75 Å². The van der Waals surface area contributed by atoms with E-state index < -0.39 is 21.7 Å². The number of sulfonamides is 1. The first kappa shape index (κ1) is 20.8. The van der Waals surface area contributed by atoms with E-state index in [1.807, 2.05) is 0 Å². The highest BCUT2D eigenvalue weighted by atomic mass is 32.2. The van der Waals surface area contributed by atoms with Crippen molar-refractivity contribution in [2.45, 2.75) is 17.7 Å². The van der Waals surface area contributed by atoms with Crippen molar-refractivity contribution in [2.24, 2.45) is 0 Å². The zero-order chi connectivity index (χ0) is 21.3. The van der Waals surface area contributed by atoms with Gasteiger partial charge in [-0.1, -0.05) is 12.1 Å². The van der Waals surface area contributed by atoms with Crippen molar-refractivity contribution in [3.05, 3.63) is 53.6 Å². The molecule has 0 aliphatic carbocycles. The van der Waals surface area contributed by atoms with Crippen LogP contribution >= 0.6 is 11.7 Å². The summed E-state index contributed by atoms with van der Waals surface area (Å²) >= 11 is 0.950. The second kappa shape index (κ2) is 8.32. The number of amides is 1. The first-order valence-electron chi connectivity index (χ1n) is 9.30. The smallest absolute Gasteiger partial charge is 0.245 e. The van der Waals surface area contributed by atoms with E-state index in [1.165, 1.54) is 21.3 Å². The van der Waals surface area contributed by atoms with Crippen LogP contribution in [0.5, 0.6) is 0 Å². The van der Waals surface area contributed by atoms with E-state index >= 15 is 0 Å². The Balaban J connectivity index is 1.40. The number of rotatable bonds is 5. The maximum Gasteiger partial charge on any atom is 0.245 e. The summed E-state index contributed by atoms with van der Waals surface area (Å²) in [4.78, 5) is 14.1. The lowest BCUT2D eigenvalue weighted by atomic mass is 10.1. The predicted octanol–water partition coefficient (Wildman–Crippen LogP) is 2.44. The summed E-state index contributed by atoms with van der Waals surface area (Å²) in [6.45, 7) is 0.693. The van der Waals surface area contributed by atoms with Gasteiger partial charge in [-0.15, -0.1) is 0 Å². The first-order valence-corrected chi connectivity index (χ1v) is 11.5. The molecule has 7 nitrogen and oxygen atoms in total. The van der Waals surface area contributed by atoms with Gasteiger partial charge in [0.2, 0.25) is 15.9 Å². The molecule has 0 spiro atoms. The zero-order valence-electron chi connectivity index (χ0n) is 15.8. The van der Waals surface area contributed by atoms with Gasteiger partial charge in [-0.05, 0) is 30.7 Å². The molecule has 4 rings (SSSR count). The van der Waals surface area contributed by atoms with Crippen LogP contribution in [0.15, 0.2) is 41.3 Å². The number of carbonyl (C=O) groups excluding carboxylic acids is 1. The highest BCUT2D eigenvalue weighted by Crippen LogP contribution is 2.25. The number of nitrogens with zero attached hydrogens (tertiary/aromatic N) is 4. The van der Waals surface area contributed by atoms with Crippen molar-refractivity contribution >= 4 is 38.7 Å². The maximum atomic E-state index is 13.7. The summed E-state index contributed by atoms with van der Waals surface area (Å²) in [6.07, 6.45) is -0.0942. The molecule has 1 aliphatic rings. The van der Waals surface area contributed by atoms with Gasteiger partial charge in [-0.25, -0.2) is 17.2 Å². The number of benzene rings is 2. The third kappa shape index (κ3) is 3.92. The van der Waals surface area contributed by atoms with E-state index in [-0.39, 0.29) is 55.4 Å². The second-order valence-electron chi connectivity index (χ2n) is 6.87. The fourth-order valence-electron chi connectivity index (χ4n) is 3.47. The molecule has 3 aromatic rings. The van der Waals surface area contributed by atoms with Gasteiger partial charge in [0.1, 0.15) is 27.6 Å². The molecule has 1 saturated heterocycles. The third-order valence-electron chi connectivity index (χ3n) is 5.11. The minimum atomic E-state index is -3.77. The number of hydrogen-bond acceptors (Lipinski definition) is 6. The van der Waals surface area contributed by atoms with Crippen LogP contribution < -0.4 is 0 Å². The number of carbonyl (C=O) groups is 1. The summed E-state index contributed by atoms with van der Waals surface area (Å²) < 4.78 is 63.0. The van der Waals surface area contributed by atoms with Crippen LogP contribution in [0.25, 0.3) is 11.0 Å². The van der Waals surface area contributed by atoms with Gasteiger partial charge in [0.15, 0.2) is 0 Å². The van der Waals surface area contributed by atoms with Crippen molar-refractivity contribution in [3.63, 3.8) is 0 Å². The van der Waals surface area contributed by atoms with Crippen LogP contribution in [0.3, 0.4) is 0 Å². The Morgan fingerprint density at radius 2 is 1.67 bits per heavy atom. The van der Waals surface area contributed by atoms with Gasteiger partial charge in [0, 0.05) is 38.2 Å². The van der Waals surface area contributed by atoms with E-state index in [4.69, 9.17) is 0 Å². The molecule has 1 fully saturated rings. The molecule has 158 valence electrons. The van der Waals surface area contributed by atoms with Crippen LogP contribution in [0.1, 0.15) is 12.0 Å². The summed E-state index contributed by atoms with van der Waals surface area (Å²) in [5.41, 5.74) is 0.750. The molecule has 11 heteroatoms. The molecule has 2 aromatic carbocycles. The highest BCUT2D eigenvalue weighted by molar-refractivity contribution is 7.89. The Morgan fingerprint density at radius 1 is 1.00 bits per heavy atom. The van der Waals surface area contributed by atoms with Crippen LogP contribution in [0.4, 0.5) is 8.78 Å². The molecule has 30 heavy (non-hydrogen) atoms. The third-order valence-corrected chi connectivity index (χ3v) is 7.58. The predicted molar refractivity (Wildman–Crippen MR) is 107 cm³/mol. The first-order chi connectivity index (χ1) is 14.4. The Labute approximate surface area is 176 Å². The topological polar surface area (TPSA) is 83.5 Å². The van der Waals surface area contributed by atoms with Gasteiger partial charge < -0.3 is 4.90 Å². The largest absolute Gasteiger partial charge is 0.340 e. The Morgan fingerprint density at radius 3 is 2.37 bits per heavy atom. The molecule has 1 aliphatic heterocycles. The number of hydrogen-bond donors (Lipinski definition) is 0. The average molecular weight is 453 g/mol. The summed E-state index contributed by atoms with van der Waals surface area (Å²) in [5, 5.41) is 0. The lowest BCUT2D eigenvalue weighted by Gasteiger charge is -2.34. The van der Waals surface area contributed by atoms with Gasteiger partial charge >= 0.3 is 0 Å². The number of piperazine rings is 1. The summed E-state index contributed by atoms with van der Waals surface area (Å²) in [5.74, 6) is -1.62. The number of halogens is 2. The minimum absolute atomic E-state index is 0.0469. The molecule has 2 heterocycles. The summed E-state index contributed by atoms with van der Waals surface area (Å²) in [6, 6.07) is 8.42. The quantitative estimate of drug-likeness (QED) is 0.594. The molecule has 0 N–H and O–H groups in total. The van der Waals surface area contributed by atoms with Crippen molar-refractivity contribution in [2.75, 3.05) is 26.2 Å². The van der Waals surface area contributed by atoms with E-state index in [1.54, 1.807) is 12.1 Å². The molecular weight excluding hydrogens is 434 g/mol. The van der Waals surface area contributed by atoms with Crippen LogP contribution in [0.2, 0.25) is 0 Å². The van der Waals surface area contributed by atoms with Gasteiger partial charge in [0.25, 0.3) is 0 Å². The highest BCUT2D eigenvalue weighted by Gasteiger charge is 2.32. The van der Waals surface area contributed by atoms with Crippen molar-refractivity contribution in [1.29, 1.82) is 0 Å². The van der Waals surface area contributed by atoms with Crippen LogP contribution in [0, 0.1) is 11.6 Å². The van der Waals surface area contributed by atoms with E-state index in [0.29, 0.717) is 11.0 Å². The van der Waals surface area contributed by atoms with Crippen molar-refractivity contribution < 1.29 is 22.0 Å². The van der Waals surface area contributed by atoms with E-state index in [0.717, 1.165) is 23.9 Å². The van der Waals surface area contributed by atoms with Gasteiger partial charge in [-0.3, -0.25) is 4.79 Å². The monoisotopic (exact) mass is 452 g/mol. The Bertz CT molecular complexity index is 1170. The fraction of sp³-hybridized carbons (Fsp3) is 0.316. The van der Waals surface area contributed by atoms with Crippen molar-refractivity contribution in [3.8, 4) is 0 Å². The van der Waals surface area contributed by atoms with Crippen LogP contribution in [-0.2, 0) is 21.2 Å². The molecule has 1 amide bonds. The van der Waals surface area contributed by atoms with Crippen molar-refractivity contribution in [1.82, 2.24) is 18.0 Å². The second-order valence-corrected chi connectivity index (χ2v) is 9.31. The molecule has 0 radical (unpaired) electrons. The maximum absolute atomic E-state index is 13.7. The molecule has 0 bridgehead atoms. The lowest BCUT2D eigenvalue weighted by molar-refractivity contribution is -0.132. The Hall–Kier alpha value is -2.50. The molecule has 0 atom stereocenters. The van der Waals surface area contributed by atoms with Gasteiger partial charge in [0.05, 0.1) is 11.7 Å². The van der Waals surface area contributed by atoms with Crippen LogP contribution in [-0.4, -0.2) is 58.5 Å². The lowest BCUT2D eigenvalue weighted by Crippen LogP contribution is -2.50. The number of fused-ring (bicyclic) bond motifs is 1. The number of aromatic nitrogens is 2. The summed E-state index contributed by atoms with van der Waals surface area (Å²) in [7, 11) is -3.77. The molecule has 0 saturated carbocycles. The average Bonchev–Trinajstić information content (AvgIpc) is 3.22. The fourth-order valence-corrected chi connectivity index (χ4v) is 5.64. The zero-order valence-corrected chi connectivity index (χ0v) is 17.4. The molecular formula is C19H18F2N4O3S2. The van der Waals surface area contributed by atoms with E-state index in [9.17, 15) is 22.0 Å². The van der Waals surface area contributed by atoms with Gasteiger partial charge in [-0.2, -0.15) is 13.1 Å². The SMILES string of the molecule is O=C(CCc1c(F)cccc1F)N1CCN(S(=O)(=O)c2cccc3nsnc23)CC1. The Kier molecular flexibility index (Phi) is 5.76. The minimum Gasteiger partial charge on any atom is -0.340 e. The molecule has 0 unspecified atom stereocenters. The standard InChI is InChI=1S/C19H18F2N4O3S2/c20-14-3-1-4-15(21)13(14)7-8-18(26)24-9-11-25(12-10-24)30(27,28)17-6-2-5-16-19(17)23-29-22-16/h1-6H,7-12H2.